The summed E-state index contributed by atoms with van der Waals surface area (Å²) in [5.74, 6) is 0. The number of hydrogen-bond acceptors (Lipinski definition) is 3. The van der Waals surface area contributed by atoms with Gasteiger partial charge in [-0.25, -0.2) is 0 Å². The molecule has 0 bridgehead atoms. The number of nitriles is 1. The average molecular weight is 100 g/mol. The van der Waals surface area contributed by atoms with Crippen LogP contribution >= 0.6 is 0 Å². The predicted octanol–water partition coefficient (Wildman–Crippen LogP) is -0.562. The SMILES string of the molecule is C[C@@H](O)CNC#N. The molecule has 0 aliphatic heterocycles. The Kier molecular flexibility index (Phi) is 3.07. The molecule has 40 valence electrons. The summed E-state index contributed by atoms with van der Waals surface area (Å²) in [5.41, 5.74) is 0. The van der Waals surface area contributed by atoms with Gasteiger partial charge >= 0.3 is 0 Å². The lowest BCUT2D eigenvalue weighted by Gasteiger charge is -1.96. The number of hydrogen-bond donors (Lipinski definition) is 2. The van der Waals surface area contributed by atoms with Gasteiger partial charge in [0.2, 0.25) is 0 Å². The highest BCUT2D eigenvalue weighted by molar-refractivity contribution is 4.65. The van der Waals surface area contributed by atoms with Crippen molar-refractivity contribution in [2.75, 3.05) is 6.54 Å². The maximum absolute atomic E-state index is 8.47. The molecular formula is C4H8N2O. The van der Waals surface area contributed by atoms with E-state index in [-0.39, 0.29) is 0 Å². The first kappa shape index (κ1) is 6.25. The molecule has 0 aromatic carbocycles. The second-order valence-corrected chi connectivity index (χ2v) is 1.34. The van der Waals surface area contributed by atoms with Gasteiger partial charge in [-0.05, 0) is 6.92 Å². The molecule has 0 fully saturated rings. The zero-order valence-corrected chi connectivity index (χ0v) is 4.18. The molecule has 0 unspecified atom stereocenters. The molecule has 3 nitrogen and oxygen atoms in total. The molecule has 0 aliphatic carbocycles. The quantitative estimate of drug-likeness (QED) is 0.361. The third-order valence-electron chi connectivity index (χ3n) is 0.477. The zero-order chi connectivity index (χ0) is 5.70. The fourth-order valence-corrected chi connectivity index (χ4v) is 0.193. The van der Waals surface area contributed by atoms with Crippen LogP contribution in [0.15, 0.2) is 0 Å². The second kappa shape index (κ2) is 3.44. The fourth-order valence-electron chi connectivity index (χ4n) is 0.193. The molecule has 2 N–H and O–H groups in total. The molecule has 0 aromatic rings. The Morgan fingerprint density at radius 3 is 2.71 bits per heavy atom. The Labute approximate surface area is 42.6 Å². The van der Waals surface area contributed by atoms with E-state index in [0.717, 1.165) is 0 Å². The van der Waals surface area contributed by atoms with Gasteiger partial charge in [0.1, 0.15) is 0 Å². The van der Waals surface area contributed by atoms with Crippen LogP contribution in [0.3, 0.4) is 0 Å². The first-order valence-electron chi connectivity index (χ1n) is 2.07. The van der Waals surface area contributed by atoms with Crippen LogP contribution in [0.5, 0.6) is 0 Å². The maximum atomic E-state index is 8.47. The Morgan fingerprint density at radius 1 is 2.00 bits per heavy atom. The maximum Gasteiger partial charge on any atom is 0.176 e. The van der Waals surface area contributed by atoms with E-state index in [4.69, 9.17) is 10.4 Å². The van der Waals surface area contributed by atoms with Crippen LogP contribution in [0.4, 0.5) is 0 Å². The van der Waals surface area contributed by atoms with E-state index in [1.807, 2.05) is 0 Å². The lowest BCUT2D eigenvalue weighted by Crippen LogP contribution is -2.19. The van der Waals surface area contributed by atoms with Crippen LogP contribution in [-0.4, -0.2) is 17.8 Å². The summed E-state index contributed by atoms with van der Waals surface area (Å²) >= 11 is 0. The van der Waals surface area contributed by atoms with Crippen molar-refractivity contribution < 1.29 is 5.11 Å². The lowest BCUT2D eigenvalue weighted by atomic mass is 10.4. The van der Waals surface area contributed by atoms with Crippen molar-refractivity contribution in [3.05, 3.63) is 0 Å². The highest BCUT2D eigenvalue weighted by Gasteiger charge is 1.88. The van der Waals surface area contributed by atoms with Gasteiger partial charge in [-0.1, -0.05) is 0 Å². The third-order valence-corrected chi connectivity index (χ3v) is 0.477. The normalized spacial score (nSPS) is 12.1. The van der Waals surface area contributed by atoms with Gasteiger partial charge in [-0.2, -0.15) is 5.26 Å². The summed E-state index contributed by atoms with van der Waals surface area (Å²) < 4.78 is 0. The monoisotopic (exact) mass is 100 g/mol. The minimum Gasteiger partial charge on any atom is -0.392 e. The minimum absolute atomic E-state index is 0.344. The number of aliphatic hydroxyl groups excluding tert-OH is 1. The van der Waals surface area contributed by atoms with Crippen LogP contribution in [0, 0.1) is 11.5 Å². The van der Waals surface area contributed by atoms with Crippen molar-refractivity contribution in [3.63, 3.8) is 0 Å². The van der Waals surface area contributed by atoms with Crippen molar-refractivity contribution in [3.8, 4) is 6.19 Å². The number of nitrogens with zero attached hydrogens (tertiary/aromatic N) is 1. The van der Waals surface area contributed by atoms with E-state index in [9.17, 15) is 0 Å². The standard InChI is InChI=1S/C4H8N2O/c1-4(7)2-6-3-5/h4,6-7H,2H2,1H3/t4-/m1/s1. The first-order chi connectivity index (χ1) is 3.27. The topological polar surface area (TPSA) is 56.0 Å². The summed E-state index contributed by atoms with van der Waals surface area (Å²) in [5, 5.41) is 18.6. The van der Waals surface area contributed by atoms with Gasteiger partial charge in [0, 0.05) is 0 Å². The van der Waals surface area contributed by atoms with Gasteiger partial charge in [-0.15, -0.1) is 0 Å². The highest BCUT2D eigenvalue weighted by atomic mass is 16.3. The molecule has 0 amide bonds. The summed E-state index contributed by atoms with van der Waals surface area (Å²) in [4.78, 5) is 0. The van der Waals surface area contributed by atoms with E-state index in [1.165, 1.54) is 0 Å². The van der Waals surface area contributed by atoms with Crippen molar-refractivity contribution in [2.45, 2.75) is 13.0 Å². The molecule has 0 spiro atoms. The van der Waals surface area contributed by atoms with Gasteiger partial charge in [0.15, 0.2) is 6.19 Å². The van der Waals surface area contributed by atoms with Crippen molar-refractivity contribution in [1.29, 1.82) is 5.26 Å². The van der Waals surface area contributed by atoms with Crippen LogP contribution in [-0.2, 0) is 0 Å². The van der Waals surface area contributed by atoms with Crippen molar-refractivity contribution in [1.82, 2.24) is 5.32 Å². The Balaban J connectivity index is 2.86. The highest BCUT2D eigenvalue weighted by Crippen LogP contribution is 1.70. The van der Waals surface area contributed by atoms with Gasteiger partial charge in [0.05, 0.1) is 12.6 Å². The molecule has 3 heteroatoms. The van der Waals surface area contributed by atoms with Crippen LogP contribution in [0.2, 0.25) is 0 Å². The molecule has 0 aliphatic rings. The minimum atomic E-state index is -0.431. The van der Waals surface area contributed by atoms with Crippen LogP contribution in [0.25, 0.3) is 0 Å². The molecule has 0 saturated carbocycles. The number of rotatable bonds is 2. The van der Waals surface area contributed by atoms with E-state index in [1.54, 1.807) is 13.1 Å². The summed E-state index contributed by atoms with van der Waals surface area (Å²) in [7, 11) is 0. The molecule has 1 atom stereocenters. The zero-order valence-electron chi connectivity index (χ0n) is 4.18. The van der Waals surface area contributed by atoms with Crippen LogP contribution < -0.4 is 5.32 Å². The average Bonchev–Trinajstić information content (AvgIpc) is 1.61. The molecular weight excluding hydrogens is 92.1 g/mol. The summed E-state index contributed by atoms with van der Waals surface area (Å²) in [6.07, 6.45) is 1.26. The van der Waals surface area contributed by atoms with Crippen molar-refractivity contribution >= 4 is 0 Å². The summed E-state index contributed by atoms with van der Waals surface area (Å²) in [6, 6.07) is 0. The first-order valence-corrected chi connectivity index (χ1v) is 2.07. The molecule has 0 radical (unpaired) electrons. The Bertz CT molecular complexity index is 74.2. The van der Waals surface area contributed by atoms with E-state index in [0.29, 0.717) is 6.54 Å². The van der Waals surface area contributed by atoms with Crippen molar-refractivity contribution in [2.24, 2.45) is 0 Å². The van der Waals surface area contributed by atoms with Gasteiger partial charge < -0.3 is 10.4 Å². The lowest BCUT2D eigenvalue weighted by molar-refractivity contribution is 0.197. The van der Waals surface area contributed by atoms with E-state index >= 15 is 0 Å². The fraction of sp³-hybridized carbons (Fsp3) is 0.750. The predicted molar refractivity (Wildman–Crippen MR) is 25.3 cm³/mol. The second-order valence-electron chi connectivity index (χ2n) is 1.34. The third kappa shape index (κ3) is 5.25. The molecule has 0 saturated heterocycles. The van der Waals surface area contributed by atoms with Gasteiger partial charge in [-0.3, -0.25) is 0 Å². The van der Waals surface area contributed by atoms with E-state index in [2.05, 4.69) is 5.32 Å². The molecule has 7 heavy (non-hydrogen) atoms. The number of nitrogens with one attached hydrogen (secondary N) is 1. The molecule has 0 heterocycles. The Morgan fingerprint density at radius 2 is 2.57 bits per heavy atom. The summed E-state index contributed by atoms with van der Waals surface area (Å²) in [6.45, 7) is 1.96. The van der Waals surface area contributed by atoms with Gasteiger partial charge in [0.25, 0.3) is 0 Å². The molecule has 0 rings (SSSR count). The van der Waals surface area contributed by atoms with E-state index < -0.39 is 6.10 Å². The van der Waals surface area contributed by atoms with Crippen LogP contribution in [0.1, 0.15) is 6.92 Å². The molecule has 0 aromatic heterocycles. The number of aliphatic hydroxyl groups is 1. The largest absolute Gasteiger partial charge is 0.392 e. The smallest absolute Gasteiger partial charge is 0.176 e. The Hall–Kier alpha value is -0.750.